The summed E-state index contributed by atoms with van der Waals surface area (Å²) in [6, 6.07) is 16.2. The predicted octanol–water partition coefficient (Wildman–Crippen LogP) is 8.85. The molecule has 0 saturated heterocycles. The zero-order valence-electron chi connectivity index (χ0n) is 24.2. The molecule has 0 heterocycles. The van der Waals surface area contributed by atoms with E-state index in [9.17, 15) is 5.11 Å². The quantitative estimate of drug-likeness (QED) is 0.314. The van der Waals surface area contributed by atoms with Gasteiger partial charge in [-0.1, -0.05) is 59.2 Å². The summed E-state index contributed by atoms with van der Waals surface area (Å²) < 4.78 is 11.6. The molecule has 4 fully saturated rings. The Morgan fingerprint density at radius 2 is 1.10 bits per heavy atom. The number of methoxy groups -OCH3 is 2. The van der Waals surface area contributed by atoms with Gasteiger partial charge in [-0.3, -0.25) is 0 Å². The Hall–Kier alpha value is -3.20. The minimum absolute atomic E-state index is 0.309. The summed E-state index contributed by atoms with van der Waals surface area (Å²) in [6.45, 7) is 2.16. The van der Waals surface area contributed by atoms with Gasteiger partial charge in [0, 0.05) is 11.1 Å². The van der Waals surface area contributed by atoms with Crippen molar-refractivity contribution in [2.45, 2.75) is 58.3 Å². The van der Waals surface area contributed by atoms with Gasteiger partial charge >= 0.3 is 0 Å². The van der Waals surface area contributed by atoms with Gasteiger partial charge in [0.1, 0.15) is 17.3 Å². The topological polar surface area (TPSA) is 38.7 Å². The normalized spacial score (nSPS) is 30.4. The van der Waals surface area contributed by atoms with Crippen LogP contribution in [0.15, 0.2) is 83.0 Å². The van der Waals surface area contributed by atoms with Crippen molar-refractivity contribution in [1.29, 1.82) is 0 Å². The molecule has 0 amide bonds. The first-order valence-corrected chi connectivity index (χ1v) is 15.3. The number of allylic oxidation sites excluding steroid dienone is 6. The number of aryl methyl sites for hydroxylation is 1. The maximum atomic E-state index is 9.72. The third-order valence-corrected chi connectivity index (χ3v) is 10.4. The molecule has 4 saturated carbocycles. The minimum atomic E-state index is 0.309. The molecule has 4 atom stereocenters. The minimum Gasteiger partial charge on any atom is -0.508 e. The lowest BCUT2D eigenvalue weighted by Crippen LogP contribution is -2.35. The van der Waals surface area contributed by atoms with Crippen LogP contribution in [0.4, 0.5) is 0 Å². The van der Waals surface area contributed by atoms with Crippen LogP contribution in [-0.2, 0) is 9.47 Å². The first-order valence-electron chi connectivity index (χ1n) is 15.3. The lowest BCUT2D eigenvalue weighted by Gasteiger charge is -2.47. The van der Waals surface area contributed by atoms with Crippen LogP contribution < -0.4 is 0 Å². The Balaban J connectivity index is 0.000000132. The van der Waals surface area contributed by atoms with Crippen LogP contribution >= 0.6 is 0 Å². The van der Waals surface area contributed by atoms with E-state index in [1.165, 1.54) is 73.8 Å². The van der Waals surface area contributed by atoms with E-state index in [2.05, 4.69) is 43.3 Å². The second-order valence-electron chi connectivity index (χ2n) is 13.1. The van der Waals surface area contributed by atoms with Gasteiger partial charge in [-0.15, -0.1) is 0 Å². The van der Waals surface area contributed by atoms with Crippen molar-refractivity contribution in [2.24, 2.45) is 35.5 Å². The smallest absolute Gasteiger partial charge is 0.125 e. The SMILES string of the molecule is COC(=C1C2CC3=CC(C2)CC1C3)c1cccc(C)c1.COC(=C1C2CC3=CC(C2)CC1C3)c1cccc(O)c1. The molecule has 3 nitrogen and oxygen atoms in total. The van der Waals surface area contributed by atoms with Crippen molar-refractivity contribution in [3.8, 4) is 5.75 Å². The maximum absolute atomic E-state index is 9.72. The van der Waals surface area contributed by atoms with Gasteiger partial charge in [0.15, 0.2) is 0 Å². The van der Waals surface area contributed by atoms with Crippen molar-refractivity contribution < 1.29 is 14.6 Å². The number of hydrogen-bond donors (Lipinski definition) is 1. The van der Waals surface area contributed by atoms with Crippen LogP contribution in [0.2, 0.25) is 0 Å². The van der Waals surface area contributed by atoms with E-state index in [1.807, 2.05) is 25.3 Å². The Labute approximate surface area is 239 Å². The third-order valence-electron chi connectivity index (χ3n) is 10.4. The highest BCUT2D eigenvalue weighted by Crippen LogP contribution is 2.56. The molecule has 10 rings (SSSR count). The number of rotatable bonds is 4. The first-order chi connectivity index (χ1) is 19.5. The first kappa shape index (κ1) is 25.7. The molecule has 1 N–H and O–H groups in total. The maximum Gasteiger partial charge on any atom is 0.125 e. The number of phenols is 1. The van der Waals surface area contributed by atoms with Crippen molar-refractivity contribution in [3.63, 3.8) is 0 Å². The van der Waals surface area contributed by atoms with Crippen LogP contribution in [0.1, 0.15) is 68.1 Å². The molecule has 0 aliphatic heterocycles. The molecule has 2 aromatic carbocycles. The average Bonchev–Trinajstić information content (AvgIpc) is 2.92. The highest BCUT2D eigenvalue weighted by atomic mass is 16.5. The lowest BCUT2D eigenvalue weighted by molar-refractivity contribution is 0.234. The fraction of sp³-hybridized carbons (Fsp3) is 0.459. The van der Waals surface area contributed by atoms with Gasteiger partial charge in [0.2, 0.25) is 0 Å². The fourth-order valence-electron chi connectivity index (χ4n) is 9.23. The lowest BCUT2D eigenvalue weighted by atomic mass is 9.58. The molecule has 0 aromatic heterocycles. The Morgan fingerprint density at radius 1 is 0.650 bits per heavy atom. The van der Waals surface area contributed by atoms with Crippen molar-refractivity contribution in [1.82, 2.24) is 0 Å². The van der Waals surface area contributed by atoms with Crippen LogP contribution in [0.5, 0.6) is 5.75 Å². The van der Waals surface area contributed by atoms with Gasteiger partial charge < -0.3 is 14.6 Å². The van der Waals surface area contributed by atoms with Crippen molar-refractivity contribution >= 4 is 11.5 Å². The van der Waals surface area contributed by atoms with Gasteiger partial charge in [-0.2, -0.15) is 0 Å². The standard InChI is InChI=1S/C19H22O.C18H20O2/c1-12-4-3-5-15(6-12)19(20-2)18-16-8-13-7-14(10-16)11-17(18)9-13;1-20-18(13-3-2-4-16(19)10-13)17-14-6-11-5-12(8-14)9-15(17)7-11/h3-7,13,16-17H,8-11H2,1-2H3;2-5,10-11,14-15,19H,6-9H2,1H3. The highest BCUT2D eigenvalue weighted by molar-refractivity contribution is 5.67. The zero-order chi connectivity index (χ0) is 27.4. The Bertz CT molecular complexity index is 1290. The second-order valence-corrected chi connectivity index (χ2v) is 13.1. The van der Waals surface area contributed by atoms with Crippen molar-refractivity contribution in [3.05, 3.63) is 99.7 Å². The van der Waals surface area contributed by atoms with Gasteiger partial charge in [0.05, 0.1) is 14.2 Å². The van der Waals surface area contributed by atoms with E-state index in [1.54, 1.807) is 29.9 Å². The largest absolute Gasteiger partial charge is 0.508 e. The Kier molecular flexibility index (Phi) is 6.65. The highest BCUT2D eigenvalue weighted by Gasteiger charge is 2.44. The van der Waals surface area contributed by atoms with E-state index in [4.69, 9.17) is 9.47 Å². The molecule has 3 heteroatoms. The monoisotopic (exact) mass is 534 g/mol. The van der Waals surface area contributed by atoms with E-state index in [-0.39, 0.29) is 0 Å². The molecule has 8 bridgehead atoms. The summed E-state index contributed by atoms with van der Waals surface area (Å²) in [6.07, 6.45) is 15.3. The summed E-state index contributed by atoms with van der Waals surface area (Å²) in [4.78, 5) is 0. The van der Waals surface area contributed by atoms with Crippen LogP contribution in [0, 0.1) is 42.4 Å². The molecule has 208 valence electrons. The molecular weight excluding hydrogens is 492 g/mol. The molecule has 2 aromatic rings. The molecule has 8 aliphatic rings. The predicted molar refractivity (Wildman–Crippen MR) is 161 cm³/mol. The Morgan fingerprint density at radius 3 is 1.50 bits per heavy atom. The summed E-state index contributed by atoms with van der Waals surface area (Å²) in [5.74, 6) is 6.93. The molecule has 40 heavy (non-hydrogen) atoms. The number of hydrogen-bond acceptors (Lipinski definition) is 3. The number of phenolic OH excluding ortho intramolecular Hbond substituents is 1. The van der Waals surface area contributed by atoms with Crippen LogP contribution in [0.25, 0.3) is 11.5 Å². The molecule has 0 spiro atoms. The molecule has 0 radical (unpaired) electrons. The van der Waals surface area contributed by atoms with E-state index < -0.39 is 0 Å². The van der Waals surface area contributed by atoms with E-state index >= 15 is 0 Å². The van der Waals surface area contributed by atoms with E-state index in [0.717, 1.165) is 35.0 Å². The molecular formula is C37H42O3. The fourth-order valence-corrected chi connectivity index (χ4v) is 9.23. The number of aromatic hydroxyl groups is 1. The van der Waals surface area contributed by atoms with E-state index in [0.29, 0.717) is 17.6 Å². The van der Waals surface area contributed by atoms with Crippen LogP contribution in [0.3, 0.4) is 0 Å². The summed E-state index contributed by atoms with van der Waals surface area (Å²) in [5.41, 5.74) is 10.1. The zero-order valence-corrected chi connectivity index (χ0v) is 24.2. The van der Waals surface area contributed by atoms with Crippen LogP contribution in [-0.4, -0.2) is 19.3 Å². The van der Waals surface area contributed by atoms with Crippen molar-refractivity contribution in [2.75, 3.05) is 14.2 Å². The summed E-state index contributed by atoms with van der Waals surface area (Å²) in [5, 5.41) is 9.72. The average molecular weight is 535 g/mol. The third kappa shape index (κ3) is 4.62. The van der Waals surface area contributed by atoms with Gasteiger partial charge in [-0.25, -0.2) is 0 Å². The molecule has 8 aliphatic carbocycles. The second kappa shape index (κ2) is 10.3. The van der Waals surface area contributed by atoms with Gasteiger partial charge in [0.25, 0.3) is 0 Å². The summed E-state index contributed by atoms with van der Waals surface area (Å²) in [7, 11) is 3.60. The number of benzene rings is 2. The van der Waals surface area contributed by atoms with Gasteiger partial charge in [-0.05, 0) is 123 Å². The number of ether oxygens (including phenoxy) is 2. The molecule has 4 unspecified atom stereocenters. The summed E-state index contributed by atoms with van der Waals surface area (Å²) >= 11 is 0.